The Kier molecular flexibility index (Phi) is 8.93. The number of carbonyl (C=O) groups excluding carboxylic acids is 2. The number of nitrogens with one attached hydrogen (secondary N) is 1. The van der Waals surface area contributed by atoms with Crippen LogP contribution in [0.3, 0.4) is 0 Å². The first-order chi connectivity index (χ1) is 15.4. The van der Waals surface area contributed by atoms with Crippen molar-refractivity contribution in [3.8, 4) is 5.75 Å². The Morgan fingerprint density at radius 2 is 1.91 bits per heavy atom. The van der Waals surface area contributed by atoms with Crippen molar-refractivity contribution < 1.29 is 18.7 Å². The molecule has 32 heavy (non-hydrogen) atoms. The van der Waals surface area contributed by atoms with Gasteiger partial charge in [-0.3, -0.25) is 9.59 Å². The molecule has 3 rings (SSSR count). The van der Waals surface area contributed by atoms with Crippen molar-refractivity contribution in [3.05, 3.63) is 63.3 Å². The minimum atomic E-state index is -0.648. The summed E-state index contributed by atoms with van der Waals surface area (Å²) in [5.41, 5.74) is 0.736. The molecule has 0 aromatic heterocycles. The average Bonchev–Trinajstić information content (AvgIpc) is 3.27. The van der Waals surface area contributed by atoms with Gasteiger partial charge in [-0.25, -0.2) is 4.39 Å². The van der Waals surface area contributed by atoms with Gasteiger partial charge in [0.2, 0.25) is 5.91 Å². The Morgan fingerprint density at radius 1 is 1.22 bits per heavy atom. The van der Waals surface area contributed by atoms with Crippen LogP contribution in [0, 0.1) is 5.82 Å². The number of halogens is 3. The minimum absolute atomic E-state index is 0.153. The van der Waals surface area contributed by atoms with Crippen LogP contribution in [0.15, 0.2) is 46.9 Å². The zero-order valence-corrected chi connectivity index (χ0v) is 20.3. The van der Waals surface area contributed by atoms with Gasteiger partial charge in [-0.05, 0) is 71.1 Å². The Labute approximate surface area is 201 Å². The van der Waals surface area contributed by atoms with E-state index in [2.05, 4.69) is 21.2 Å². The third-order valence-electron chi connectivity index (χ3n) is 5.60. The second-order valence-corrected chi connectivity index (χ2v) is 9.22. The summed E-state index contributed by atoms with van der Waals surface area (Å²) < 4.78 is 19.7. The number of ether oxygens (including phenoxy) is 1. The van der Waals surface area contributed by atoms with Crippen LogP contribution in [0.25, 0.3) is 0 Å². The third-order valence-corrected chi connectivity index (χ3v) is 6.45. The van der Waals surface area contributed by atoms with E-state index >= 15 is 0 Å². The molecule has 8 heteroatoms. The second kappa shape index (κ2) is 11.7. The topological polar surface area (TPSA) is 58.6 Å². The smallest absolute Gasteiger partial charge is 0.261 e. The molecule has 1 atom stereocenters. The van der Waals surface area contributed by atoms with Crippen LogP contribution in [0.4, 0.5) is 4.39 Å². The summed E-state index contributed by atoms with van der Waals surface area (Å²) in [5, 5.41) is 3.64. The number of rotatable bonds is 9. The van der Waals surface area contributed by atoms with Crippen LogP contribution < -0.4 is 10.1 Å². The van der Waals surface area contributed by atoms with Crippen LogP contribution in [-0.2, 0) is 16.1 Å². The lowest BCUT2D eigenvalue weighted by Crippen LogP contribution is -2.52. The van der Waals surface area contributed by atoms with E-state index in [1.54, 1.807) is 30.3 Å². The molecule has 0 bridgehead atoms. The van der Waals surface area contributed by atoms with Gasteiger partial charge in [0.05, 0.1) is 4.47 Å². The van der Waals surface area contributed by atoms with Gasteiger partial charge in [0.15, 0.2) is 6.61 Å². The van der Waals surface area contributed by atoms with E-state index in [9.17, 15) is 14.0 Å². The normalized spacial score (nSPS) is 14.8. The molecule has 172 valence electrons. The maximum Gasteiger partial charge on any atom is 0.261 e. The van der Waals surface area contributed by atoms with E-state index in [0.29, 0.717) is 21.7 Å². The van der Waals surface area contributed by atoms with E-state index in [4.69, 9.17) is 16.3 Å². The minimum Gasteiger partial charge on any atom is -0.483 e. The molecule has 0 radical (unpaired) electrons. The largest absolute Gasteiger partial charge is 0.483 e. The van der Waals surface area contributed by atoms with Crippen LogP contribution >= 0.6 is 27.5 Å². The molecule has 0 saturated heterocycles. The lowest BCUT2D eigenvalue weighted by atomic mass is 10.1. The summed E-state index contributed by atoms with van der Waals surface area (Å²) in [4.78, 5) is 27.8. The molecule has 1 aliphatic carbocycles. The lowest BCUT2D eigenvalue weighted by Gasteiger charge is -2.31. The number of hydrogen-bond donors (Lipinski definition) is 1. The number of nitrogens with zero attached hydrogens (tertiary/aromatic N) is 1. The Morgan fingerprint density at radius 3 is 2.53 bits per heavy atom. The van der Waals surface area contributed by atoms with Gasteiger partial charge in [0.25, 0.3) is 5.91 Å². The van der Waals surface area contributed by atoms with E-state index < -0.39 is 6.04 Å². The molecule has 1 fully saturated rings. The van der Waals surface area contributed by atoms with Gasteiger partial charge in [-0.15, -0.1) is 0 Å². The Hall–Kier alpha value is -2.12. The Bertz CT molecular complexity index is 935. The summed E-state index contributed by atoms with van der Waals surface area (Å²) in [6.45, 7) is 1.82. The van der Waals surface area contributed by atoms with E-state index in [1.165, 1.54) is 17.0 Å². The van der Waals surface area contributed by atoms with Crippen LogP contribution in [0.1, 0.15) is 44.6 Å². The molecule has 2 amide bonds. The first-order valence-electron chi connectivity index (χ1n) is 10.8. The number of carbonyl (C=O) groups is 2. The molecule has 0 heterocycles. The van der Waals surface area contributed by atoms with Crippen molar-refractivity contribution in [2.24, 2.45) is 0 Å². The molecule has 2 aromatic carbocycles. The molecule has 1 saturated carbocycles. The van der Waals surface area contributed by atoms with Gasteiger partial charge in [0.1, 0.15) is 17.6 Å². The van der Waals surface area contributed by atoms with Crippen molar-refractivity contribution in [2.45, 2.75) is 57.7 Å². The van der Waals surface area contributed by atoms with Crippen molar-refractivity contribution in [1.82, 2.24) is 10.2 Å². The lowest BCUT2D eigenvalue weighted by molar-refractivity contribution is -0.143. The van der Waals surface area contributed by atoms with Crippen molar-refractivity contribution in [1.29, 1.82) is 0 Å². The first kappa shape index (κ1) is 24.5. The van der Waals surface area contributed by atoms with Gasteiger partial charge in [-0.1, -0.05) is 43.5 Å². The molecule has 1 N–H and O–H groups in total. The molecule has 2 aromatic rings. The summed E-state index contributed by atoms with van der Waals surface area (Å²) in [6, 6.07) is 10.5. The quantitative estimate of drug-likeness (QED) is 0.471. The van der Waals surface area contributed by atoms with Crippen LogP contribution in [-0.4, -0.2) is 35.4 Å². The zero-order valence-electron chi connectivity index (χ0n) is 18.0. The molecular formula is C24H27BrClFN2O3. The highest BCUT2D eigenvalue weighted by atomic mass is 79.9. The fraction of sp³-hybridized carbons (Fsp3) is 0.417. The predicted octanol–water partition coefficient (Wildman–Crippen LogP) is 5.49. The van der Waals surface area contributed by atoms with Crippen molar-refractivity contribution in [2.75, 3.05) is 6.61 Å². The number of hydrogen-bond acceptors (Lipinski definition) is 3. The predicted molar refractivity (Wildman–Crippen MR) is 126 cm³/mol. The molecular weight excluding hydrogens is 499 g/mol. The molecule has 1 aliphatic rings. The molecule has 5 nitrogen and oxygen atoms in total. The van der Waals surface area contributed by atoms with Crippen molar-refractivity contribution in [3.63, 3.8) is 0 Å². The number of amides is 2. The standard InChI is InChI=1S/C24H27BrClFN2O3/c1-2-21(24(31)28-19-5-3-4-6-19)29(14-16-7-10-18(27)11-8-16)23(30)15-32-22-12-9-17(26)13-20(22)25/h7-13,19,21H,2-6,14-15H2,1H3,(H,28,31)/t21-/m1/s1. The summed E-state index contributed by atoms with van der Waals surface area (Å²) >= 11 is 9.34. The molecule has 0 aliphatic heterocycles. The summed E-state index contributed by atoms with van der Waals surface area (Å²) in [7, 11) is 0. The highest BCUT2D eigenvalue weighted by Crippen LogP contribution is 2.28. The maximum atomic E-state index is 13.4. The van der Waals surface area contributed by atoms with E-state index in [0.717, 1.165) is 31.2 Å². The van der Waals surface area contributed by atoms with Crippen LogP contribution in [0.2, 0.25) is 5.02 Å². The van der Waals surface area contributed by atoms with Gasteiger partial charge in [-0.2, -0.15) is 0 Å². The van der Waals surface area contributed by atoms with E-state index in [1.807, 2.05) is 6.92 Å². The highest BCUT2D eigenvalue weighted by Gasteiger charge is 2.31. The molecule has 0 spiro atoms. The zero-order chi connectivity index (χ0) is 23.1. The second-order valence-electron chi connectivity index (χ2n) is 7.93. The van der Waals surface area contributed by atoms with Gasteiger partial charge >= 0.3 is 0 Å². The van der Waals surface area contributed by atoms with E-state index in [-0.39, 0.29) is 36.8 Å². The number of benzene rings is 2. The van der Waals surface area contributed by atoms with Gasteiger partial charge in [0, 0.05) is 17.6 Å². The van der Waals surface area contributed by atoms with Crippen LogP contribution in [0.5, 0.6) is 5.75 Å². The fourth-order valence-corrected chi connectivity index (χ4v) is 4.69. The third kappa shape index (κ3) is 6.69. The first-order valence-corrected chi connectivity index (χ1v) is 12.0. The van der Waals surface area contributed by atoms with Gasteiger partial charge < -0.3 is 15.0 Å². The molecule has 0 unspecified atom stereocenters. The SMILES string of the molecule is CC[C@H](C(=O)NC1CCCC1)N(Cc1ccc(F)cc1)C(=O)COc1ccc(Cl)cc1Br. The van der Waals surface area contributed by atoms with Crippen molar-refractivity contribution >= 4 is 39.3 Å². The summed E-state index contributed by atoms with van der Waals surface area (Å²) in [5.74, 6) is -0.367. The monoisotopic (exact) mass is 524 g/mol. The average molecular weight is 526 g/mol. The summed E-state index contributed by atoms with van der Waals surface area (Å²) in [6.07, 6.45) is 4.58. The Balaban J connectivity index is 1.76. The highest BCUT2D eigenvalue weighted by molar-refractivity contribution is 9.10. The maximum absolute atomic E-state index is 13.4. The fourth-order valence-electron chi connectivity index (χ4n) is 3.89.